The second-order valence-corrected chi connectivity index (χ2v) is 14.4. The second kappa shape index (κ2) is 14.7. The molecule has 0 saturated heterocycles. The van der Waals surface area contributed by atoms with E-state index < -0.39 is 0 Å². The first-order valence-corrected chi connectivity index (χ1v) is 16.7. The Morgan fingerprint density at radius 1 is 0.659 bits per heavy atom. The maximum absolute atomic E-state index is 11.7. The third-order valence-electron chi connectivity index (χ3n) is 11.4. The molecule has 6 heteroatoms. The molecule has 2 bridgehead atoms. The Morgan fingerprint density at radius 3 is 2.00 bits per heavy atom. The second-order valence-electron chi connectivity index (χ2n) is 14.4. The Kier molecular flexibility index (Phi) is 11.0. The van der Waals surface area contributed by atoms with Crippen molar-refractivity contribution in [3.63, 3.8) is 0 Å². The van der Waals surface area contributed by atoms with Crippen LogP contribution in [0.2, 0.25) is 0 Å². The van der Waals surface area contributed by atoms with Gasteiger partial charge < -0.3 is 18.9 Å². The molecule has 8 unspecified atom stereocenters. The molecule has 5 fully saturated rings. The lowest BCUT2D eigenvalue weighted by Gasteiger charge is -2.32. The highest BCUT2D eigenvalue weighted by Gasteiger charge is 2.55. The fourth-order valence-electron chi connectivity index (χ4n) is 9.29. The molecule has 5 aliphatic carbocycles. The standard InChI is InChI=1S/C35H54O6/c1-4-34(36)40-21-27-7-5-6-26(12-27)18-38-19-28-13-31-29-15-30(32(16-29)33(31)14-28)22-39-17-24-8-10-25(11-9-24)20-41-35(37)23(2)3/h4,24-33H,1-2,5-22H2,3H3. The summed E-state index contributed by atoms with van der Waals surface area (Å²) in [5, 5.41) is 0. The molecular weight excluding hydrogens is 516 g/mol. The topological polar surface area (TPSA) is 71.1 Å². The molecule has 0 spiro atoms. The molecule has 8 atom stereocenters. The fourth-order valence-corrected chi connectivity index (χ4v) is 9.29. The highest BCUT2D eigenvalue weighted by atomic mass is 16.5. The smallest absolute Gasteiger partial charge is 0.333 e. The fraction of sp³-hybridized carbons (Fsp3) is 0.829. The molecule has 0 heterocycles. The summed E-state index contributed by atoms with van der Waals surface area (Å²) in [5.41, 5.74) is 0.483. The zero-order valence-electron chi connectivity index (χ0n) is 25.4. The molecule has 5 rings (SSSR count). The first kappa shape index (κ1) is 30.8. The van der Waals surface area contributed by atoms with Crippen LogP contribution in [0.5, 0.6) is 0 Å². The summed E-state index contributed by atoms with van der Waals surface area (Å²) in [7, 11) is 0. The van der Waals surface area contributed by atoms with Gasteiger partial charge in [0, 0.05) is 38.1 Å². The van der Waals surface area contributed by atoms with Gasteiger partial charge in [-0.2, -0.15) is 0 Å². The maximum Gasteiger partial charge on any atom is 0.333 e. The summed E-state index contributed by atoms with van der Waals surface area (Å²) < 4.78 is 23.4. The summed E-state index contributed by atoms with van der Waals surface area (Å²) in [4.78, 5) is 23.1. The highest BCUT2D eigenvalue weighted by Crippen LogP contribution is 2.62. The van der Waals surface area contributed by atoms with Gasteiger partial charge in [0.25, 0.3) is 0 Å². The van der Waals surface area contributed by atoms with Crippen LogP contribution < -0.4 is 0 Å². The van der Waals surface area contributed by atoms with Gasteiger partial charge in [0.05, 0.1) is 13.2 Å². The van der Waals surface area contributed by atoms with E-state index in [-0.39, 0.29) is 11.9 Å². The number of hydrogen-bond acceptors (Lipinski definition) is 6. The van der Waals surface area contributed by atoms with Crippen LogP contribution in [0.15, 0.2) is 24.8 Å². The van der Waals surface area contributed by atoms with E-state index in [1.807, 2.05) is 0 Å². The summed E-state index contributed by atoms with van der Waals surface area (Å²) >= 11 is 0. The molecule has 6 nitrogen and oxygen atoms in total. The number of hydrogen-bond donors (Lipinski definition) is 0. The van der Waals surface area contributed by atoms with Crippen molar-refractivity contribution in [2.45, 2.75) is 84.0 Å². The van der Waals surface area contributed by atoms with Crippen molar-refractivity contribution in [3.05, 3.63) is 24.8 Å². The van der Waals surface area contributed by atoms with E-state index in [2.05, 4.69) is 13.2 Å². The monoisotopic (exact) mass is 570 g/mol. The number of rotatable bonds is 14. The van der Waals surface area contributed by atoms with Crippen LogP contribution in [0.25, 0.3) is 0 Å². The molecule has 0 aromatic rings. The van der Waals surface area contributed by atoms with Crippen LogP contribution in [-0.4, -0.2) is 51.6 Å². The average Bonchev–Trinajstić information content (AvgIpc) is 3.68. The summed E-state index contributed by atoms with van der Waals surface area (Å²) in [6, 6.07) is 0. The van der Waals surface area contributed by atoms with E-state index in [0.29, 0.717) is 42.5 Å². The first-order chi connectivity index (χ1) is 19.9. The lowest BCUT2D eigenvalue weighted by Crippen LogP contribution is -2.28. The van der Waals surface area contributed by atoms with Gasteiger partial charge in [0.2, 0.25) is 0 Å². The first-order valence-electron chi connectivity index (χ1n) is 16.7. The molecule has 230 valence electrons. The quantitative estimate of drug-likeness (QED) is 0.169. The van der Waals surface area contributed by atoms with E-state index in [0.717, 1.165) is 87.6 Å². The van der Waals surface area contributed by atoms with Crippen LogP contribution in [0.4, 0.5) is 0 Å². The molecule has 0 aliphatic heterocycles. The van der Waals surface area contributed by atoms with Gasteiger partial charge in [-0.15, -0.1) is 0 Å². The van der Waals surface area contributed by atoms with Crippen LogP contribution >= 0.6 is 0 Å². The van der Waals surface area contributed by atoms with Gasteiger partial charge in [0.15, 0.2) is 0 Å². The van der Waals surface area contributed by atoms with Crippen molar-refractivity contribution in [1.29, 1.82) is 0 Å². The Morgan fingerprint density at radius 2 is 1.27 bits per heavy atom. The van der Waals surface area contributed by atoms with Gasteiger partial charge in [-0.3, -0.25) is 0 Å². The normalized spacial score (nSPS) is 37.9. The third kappa shape index (κ3) is 8.25. The van der Waals surface area contributed by atoms with Crippen molar-refractivity contribution in [3.8, 4) is 0 Å². The molecular formula is C35H54O6. The minimum atomic E-state index is -0.308. The SMILES string of the molecule is C=CC(=O)OCC1CCCC(COCC2CC3C4CC(COCC5CCC(COC(=O)C(=C)C)CC5)C(C4)C3C2)C1. The molecule has 0 aromatic heterocycles. The lowest BCUT2D eigenvalue weighted by molar-refractivity contribution is -0.141. The molecule has 0 amide bonds. The van der Waals surface area contributed by atoms with E-state index >= 15 is 0 Å². The van der Waals surface area contributed by atoms with Crippen molar-refractivity contribution >= 4 is 11.9 Å². The lowest BCUT2D eigenvalue weighted by atomic mass is 9.76. The molecule has 0 radical (unpaired) electrons. The zero-order valence-corrected chi connectivity index (χ0v) is 25.4. The average molecular weight is 571 g/mol. The molecule has 41 heavy (non-hydrogen) atoms. The maximum atomic E-state index is 11.7. The zero-order chi connectivity index (χ0) is 28.8. The summed E-state index contributed by atoms with van der Waals surface area (Å²) in [6.45, 7) is 13.6. The molecule has 0 N–H and O–H groups in total. The number of ether oxygens (including phenoxy) is 4. The van der Waals surface area contributed by atoms with E-state index in [4.69, 9.17) is 18.9 Å². The molecule has 5 saturated carbocycles. The predicted octanol–water partition coefficient (Wildman–Crippen LogP) is 6.78. The number of carbonyl (C=O) groups excluding carboxylic acids is 2. The Hall–Kier alpha value is -1.66. The van der Waals surface area contributed by atoms with Gasteiger partial charge >= 0.3 is 11.9 Å². The number of fused-ring (bicyclic) bond motifs is 5. The summed E-state index contributed by atoms with van der Waals surface area (Å²) in [5.74, 6) is 6.74. The molecule has 5 aliphatic rings. The minimum absolute atomic E-state index is 0.260. The van der Waals surface area contributed by atoms with Gasteiger partial charge in [-0.25, -0.2) is 9.59 Å². The van der Waals surface area contributed by atoms with Gasteiger partial charge in [-0.1, -0.05) is 19.6 Å². The number of carbonyl (C=O) groups is 2. The van der Waals surface area contributed by atoms with Crippen LogP contribution in [0.1, 0.15) is 84.0 Å². The largest absolute Gasteiger partial charge is 0.462 e. The van der Waals surface area contributed by atoms with Crippen molar-refractivity contribution < 1.29 is 28.5 Å². The summed E-state index contributed by atoms with van der Waals surface area (Å²) in [6.07, 6.45) is 16.1. The minimum Gasteiger partial charge on any atom is -0.462 e. The third-order valence-corrected chi connectivity index (χ3v) is 11.4. The van der Waals surface area contributed by atoms with Crippen LogP contribution in [0, 0.1) is 59.2 Å². The van der Waals surface area contributed by atoms with E-state index in [1.165, 1.54) is 57.4 Å². The van der Waals surface area contributed by atoms with E-state index in [1.54, 1.807) is 6.92 Å². The van der Waals surface area contributed by atoms with Crippen molar-refractivity contribution in [2.75, 3.05) is 39.6 Å². The van der Waals surface area contributed by atoms with Crippen molar-refractivity contribution in [1.82, 2.24) is 0 Å². The Labute approximate surface area is 248 Å². The van der Waals surface area contributed by atoms with Crippen molar-refractivity contribution in [2.24, 2.45) is 59.2 Å². The molecule has 0 aromatic carbocycles. The predicted molar refractivity (Wildman–Crippen MR) is 159 cm³/mol. The van der Waals surface area contributed by atoms with Crippen LogP contribution in [-0.2, 0) is 28.5 Å². The number of esters is 2. The van der Waals surface area contributed by atoms with Crippen LogP contribution in [0.3, 0.4) is 0 Å². The van der Waals surface area contributed by atoms with Gasteiger partial charge in [-0.05, 0) is 137 Å². The highest BCUT2D eigenvalue weighted by molar-refractivity contribution is 5.86. The van der Waals surface area contributed by atoms with Gasteiger partial charge in [0.1, 0.15) is 0 Å². The van der Waals surface area contributed by atoms with E-state index in [9.17, 15) is 9.59 Å². The Bertz CT molecular complexity index is 906. The Balaban J connectivity index is 0.944.